The maximum atomic E-state index is 11.4. The molecule has 20 heavy (non-hydrogen) atoms. The fourth-order valence-electron chi connectivity index (χ4n) is 3.42. The molecular weight excluding hydrogens is 254 g/mol. The molecule has 4 nitrogen and oxygen atoms in total. The van der Waals surface area contributed by atoms with Gasteiger partial charge in [0.2, 0.25) is 0 Å². The van der Waals surface area contributed by atoms with Crippen molar-refractivity contribution in [1.29, 1.82) is 0 Å². The van der Waals surface area contributed by atoms with Crippen molar-refractivity contribution in [1.82, 2.24) is 5.06 Å². The maximum Gasteiger partial charge on any atom is 0.257 e. The average Bonchev–Trinajstić information content (AvgIpc) is 3.11. The first-order valence-electron chi connectivity index (χ1n) is 6.86. The predicted octanol–water partition coefficient (Wildman–Crippen LogP) is 2.18. The highest BCUT2D eigenvalue weighted by atomic mass is 16.5. The van der Waals surface area contributed by atoms with Crippen LogP contribution in [0.15, 0.2) is 42.5 Å². The molecule has 4 atom stereocenters. The third-order valence-electron chi connectivity index (χ3n) is 4.39. The molecule has 0 spiro atoms. The number of amides is 2. The van der Waals surface area contributed by atoms with E-state index in [1.807, 2.05) is 30.4 Å². The van der Waals surface area contributed by atoms with Gasteiger partial charge in [-0.1, -0.05) is 48.0 Å². The van der Waals surface area contributed by atoms with E-state index >= 15 is 0 Å². The number of carbonyl (C=O) groups is 2. The molecule has 1 heterocycles. The second-order valence-corrected chi connectivity index (χ2v) is 5.64. The number of hydrogen-bond donors (Lipinski definition) is 1. The summed E-state index contributed by atoms with van der Waals surface area (Å²) >= 11 is 0. The molecule has 0 radical (unpaired) electrons. The highest BCUT2D eigenvalue weighted by Crippen LogP contribution is 2.51. The summed E-state index contributed by atoms with van der Waals surface area (Å²) < 4.78 is 0. The van der Waals surface area contributed by atoms with E-state index < -0.39 is 11.8 Å². The number of imide groups is 1. The number of rotatable bonds is 0. The highest BCUT2D eigenvalue weighted by molar-refractivity contribution is 6.05. The average molecular weight is 271 g/mol. The van der Waals surface area contributed by atoms with Gasteiger partial charge in [0.25, 0.3) is 11.8 Å². The van der Waals surface area contributed by atoms with Crippen LogP contribution in [-0.2, 0) is 9.59 Å². The Morgan fingerprint density at radius 3 is 1.90 bits per heavy atom. The number of fused-ring (bicyclic) bond motifs is 5. The van der Waals surface area contributed by atoms with Crippen molar-refractivity contribution in [2.75, 3.05) is 0 Å². The molecule has 1 aromatic rings. The predicted molar refractivity (Wildman–Crippen MR) is 72.5 cm³/mol. The van der Waals surface area contributed by atoms with Crippen LogP contribution in [0.1, 0.15) is 12.0 Å². The van der Waals surface area contributed by atoms with Gasteiger partial charge in [-0.3, -0.25) is 14.8 Å². The number of hydroxylamine groups is 2. The Bertz CT molecular complexity index is 536. The summed E-state index contributed by atoms with van der Waals surface area (Å²) in [6, 6.07) is 10.3. The second-order valence-electron chi connectivity index (χ2n) is 5.64. The molecule has 1 aliphatic heterocycles. The van der Waals surface area contributed by atoms with Gasteiger partial charge in [-0.25, -0.2) is 0 Å². The fraction of sp³-hybridized carbons (Fsp3) is 0.375. The first kappa shape index (κ1) is 13.1. The molecule has 2 bridgehead atoms. The van der Waals surface area contributed by atoms with Gasteiger partial charge in [0.05, 0.1) is 11.8 Å². The SMILES string of the molecule is Cc1ccccc1.O=C1C2C3C=CC(C3)C2C(=O)N1O. The van der Waals surface area contributed by atoms with E-state index in [-0.39, 0.29) is 23.7 Å². The van der Waals surface area contributed by atoms with E-state index in [2.05, 4.69) is 19.1 Å². The van der Waals surface area contributed by atoms with Gasteiger partial charge in [-0.05, 0) is 25.2 Å². The van der Waals surface area contributed by atoms with Gasteiger partial charge in [0.1, 0.15) is 0 Å². The van der Waals surface area contributed by atoms with Crippen LogP contribution in [0.3, 0.4) is 0 Å². The molecule has 1 saturated carbocycles. The van der Waals surface area contributed by atoms with Crippen LogP contribution in [0.25, 0.3) is 0 Å². The summed E-state index contributed by atoms with van der Waals surface area (Å²) in [4.78, 5) is 22.8. The lowest BCUT2D eigenvalue weighted by atomic mass is 9.85. The third-order valence-corrected chi connectivity index (χ3v) is 4.39. The number of carbonyl (C=O) groups excluding carboxylic acids is 2. The molecule has 2 aliphatic carbocycles. The van der Waals surface area contributed by atoms with E-state index in [9.17, 15) is 9.59 Å². The summed E-state index contributed by atoms with van der Waals surface area (Å²) in [5.74, 6) is -0.995. The third kappa shape index (κ3) is 1.96. The quantitative estimate of drug-likeness (QED) is 0.447. The molecule has 2 amide bonds. The molecule has 1 N–H and O–H groups in total. The van der Waals surface area contributed by atoms with E-state index in [1.165, 1.54) is 5.56 Å². The summed E-state index contributed by atoms with van der Waals surface area (Å²) in [5.41, 5.74) is 1.32. The fourth-order valence-corrected chi connectivity index (χ4v) is 3.42. The zero-order valence-corrected chi connectivity index (χ0v) is 11.3. The number of hydrogen-bond acceptors (Lipinski definition) is 3. The Labute approximate surface area is 117 Å². The zero-order valence-electron chi connectivity index (χ0n) is 11.3. The van der Waals surface area contributed by atoms with E-state index in [0.717, 1.165) is 6.42 Å². The van der Waals surface area contributed by atoms with Crippen LogP contribution in [0.5, 0.6) is 0 Å². The molecule has 104 valence electrons. The summed E-state index contributed by atoms with van der Waals surface area (Å²) in [6.07, 6.45) is 4.90. The number of nitrogens with zero attached hydrogens (tertiary/aromatic N) is 1. The van der Waals surface area contributed by atoms with Crippen LogP contribution in [0.4, 0.5) is 0 Å². The molecule has 3 aliphatic rings. The van der Waals surface area contributed by atoms with Gasteiger partial charge < -0.3 is 0 Å². The Morgan fingerprint density at radius 2 is 1.50 bits per heavy atom. The monoisotopic (exact) mass is 271 g/mol. The van der Waals surface area contributed by atoms with Crippen molar-refractivity contribution >= 4 is 11.8 Å². The van der Waals surface area contributed by atoms with Crippen LogP contribution < -0.4 is 0 Å². The van der Waals surface area contributed by atoms with Crippen molar-refractivity contribution < 1.29 is 14.8 Å². The smallest absolute Gasteiger partial charge is 0.257 e. The lowest BCUT2D eigenvalue weighted by Crippen LogP contribution is -2.29. The molecule has 1 saturated heterocycles. The number of aryl methyl sites for hydroxylation is 1. The normalized spacial score (nSPS) is 33.2. The second kappa shape index (κ2) is 4.87. The van der Waals surface area contributed by atoms with Gasteiger partial charge in [0, 0.05) is 0 Å². The molecular formula is C16H17NO3. The van der Waals surface area contributed by atoms with Crippen LogP contribution in [0.2, 0.25) is 0 Å². The van der Waals surface area contributed by atoms with Crippen molar-refractivity contribution in [3.8, 4) is 0 Å². The minimum atomic E-state index is -0.410. The molecule has 2 fully saturated rings. The van der Waals surface area contributed by atoms with Crippen LogP contribution in [0, 0.1) is 30.6 Å². The van der Waals surface area contributed by atoms with Gasteiger partial charge in [-0.15, -0.1) is 0 Å². The van der Waals surface area contributed by atoms with Crippen molar-refractivity contribution in [2.45, 2.75) is 13.3 Å². The first-order chi connectivity index (χ1) is 9.59. The Morgan fingerprint density at radius 1 is 1.00 bits per heavy atom. The topological polar surface area (TPSA) is 57.6 Å². The molecule has 4 rings (SSSR count). The van der Waals surface area contributed by atoms with Gasteiger partial charge in [-0.2, -0.15) is 5.06 Å². The molecule has 4 unspecified atom stereocenters. The van der Waals surface area contributed by atoms with Gasteiger partial charge in [0.15, 0.2) is 0 Å². The number of allylic oxidation sites excluding steroid dienone is 2. The van der Waals surface area contributed by atoms with Gasteiger partial charge >= 0.3 is 0 Å². The van der Waals surface area contributed by atoms with Crippen LogP contribution >= 0.6 is 0 Å². The minimum absolute atomic E-state index is 0.184. The minimum Gasteiger partial charge on any atom is -0.278 e. The lowest BCUT2D eigenvalue weighted by molar-refractivity contribution is -0.173. The Balaban J connectivity index is 0.000000147. The first-order valence-corrected chi connectivity index (χ1v) is 6.86. The van der Waals surface area contributed by atoms with E-state index in [1.54, 1.807) is 0 Å². The molecule has 1 aromatic carbocycles. The zero-order chi connectivity index (χ0) is 14.3. The Hall–Kier alpha value is -1.94. The summed E-state index contributed by atoms with van der Waals surface area (Å²) in [6.45, 7) is 2.08. The summed E-state index contributed by atoms with van der Waals surface area (Å²) in [7, 11) is 0. The lowest BCUT2D eigenvalue weighted by Gasteiger charge is -2.13. The molecule has 4 heteroatoms. The summed E-state index contributed by atoms with van der Waals surface area (Å²) in [5, 5.41) is 9.45. The highest BCUT2D eigenvalue weighted by Gasteiger charge is 2.59. The Kier molecular flexibility index (Phi) is 3.18. The van der Waals surface area contributed by atoms with E-state index in [0.29, 0.717) is 5.06 Å². The molecule has 0 aromatic heterocycles. The van der Waals surface area contributed by atoms with Crippen LogP contribution in [-0.4, -0.2) is 22.1 Å². The standard InChI is InChI=1S/C9H9NO3.C7H8/c11-8-6-4-1-2-5(3-4)7(6)9(12)10(8)13;1-7-5-3-2-4-6-7/h1-2,4-7,13H,3H2;2-6H,1H3. The van der Waals surface area contributed by atoms with Crippen molar-refractivity contribution in [3.63, 3.8) is 0 Å². The van der Waals surface area contributed by atoms with E-state index in [4.69, 9.17) is 5.21 Å². The largest absolute Gasteiger partial charge is 0.278 e. The number of benzene rings is 1. The van der Waals surface area contributed by atoms with Crippen molar-refractivity contribution in [3.05, 3.63) is 48.0 Å². The van der Waals surface area contributed by atoms with Crippen molar-refractivity contribution in [2.24, 2.45) is 23.7 Å². The maximum absolute atomic E-state index is 11.4.